The van der Waals surface area contributed by atoms with Crippen LogP contribution in [0.4, 0.5) is 0 Å². The van der Waals surface area contributed by atoms with E-state index in [-0.39, 0.29) is 25.8 Å². The van der Waals surface area contributed by atoms with Gasteiger partial charge < -0.3 is 18.9 Å². The summed E-state index contributed by atoms with van der Waals surface area (Å²) in [6.45, 7) is 5.29. The molecule has 0 radical (unpaired) electrons. The third kappa shape index (κ3) is 41.0. The molecule has 0 heterocycles. The number of ether oxygens (including phenoxy) is 2. The Balaban J connectivity index is 4.37. The van der Waals surface area contributed by atoms with E-state index in [0.717, 1.165) is 70.6 Å². The molecular weight excluding hydrogens is 685 g/mol. The van der Waals surface area contributed by atoms with Crippen molar-refractivity contribution in [2.24, 2.45) is 0 Å². The standard InChI is InChI=1S/C44H78NO7P/c1-6-8-10-12-14-16-18-20-22-23-24-25-27-29-31-33-35-37-44(46)52-43(42-51-53(47,48)50-40-38-45(3,4)5)41-49-39-36-34-32-30-28-26-21-19-17-15-13-11-9-7-2/h9,11,14-17,20-22,26,30,32,43H,6-8,10,12-13,18-19,23-25,27-29,31,33-42H2,1-5H3/p+1/b11-9-,16-14-,17-15-,22-20-,26-21-,32-30-. The predicted molar refractivity (Wildman–Crippen MR) is 224 cm³/mol. The highest BCUT2D eigenvalue weighted by Gasteiger charge is 2.26. The number of nitrogens with zero attached hydrogens (tertiary/aromatic N) is 1. The van der Waals surface area contributed by atoms with E-state index in [9.17, 15) is 14.3 Å². The molecule has 0 bridgehead atoms. The Labute approximate surface area is 325 Å². The van der Waals surface area contributed by atoms with Crippen molar-refractivity contribution >= 4 is 13.8 Å². The van der Waals surface area contributed by atoms with Gasteiger partial charge in [0.1, 0.15) is 19.3 Å². The number of esters is 1. The van der Waals surface area contributed by atoms with Gasteiger partial charge in [0.25, 0.3) is 0 Å². The van der Waals surface area contributed by atoms with Crippen molar-refractivity contribution in [3.8, 4) is 0 Å². The molecule has 0 aromatic heterocycles. The molecule has 53 heavy (non-hydrogen) atoms. The molecule has 9 heteroatoms. The van der Waals surface area contributed by atoms with Gasteiger partial charge in [-0.3, -0.25) is 13.8 Å². The molecule has 0 aliphatic heterocycles. The second-order valence-electron chi connectivity index (χ2n) is 14.6. The number of allylic oxidation sites excluding steroid dienone is 12. The van der Waals surface area contributed by atoms with E-state index >= 15 is 0 Å². The summed E-state index contributed by atoms with van der Waals surface area (Å²) in [5, 5.41) is 0. The minimum atomic E-state index is -4.29. The van der Waals surface area contributed by atoms with Crippen molar-refractivity contribution in [3.63, 3.8) is 0 Å². The molecule has 0 saturated carbocycles. The molecule has 0 aliphatic carbocycles. The van der Waals surface area contributed by atoms with E-state index in [1.165, 1.54) is 51.4 Å². The number of carbonyl (C=O) groups excluding carboxylic acids is 1. The Bertz CT molecular complexity index is 1070. The lowest BCUT2D eigenvalue weighted by atomic mass is 10.1. The lowest BCUT2D eigenvalue weighted by molar-refractivity contribution is -0.870. The fourth-order valence-electron chi connectivity index (χ4n) is 5.06. The molecule has 0 rings (SSSR count). The van der Waals surface area contributed by atoms with Gasteiger partial charge in [-0.2, -0.15) is 0 Å². The molecule has 0 saturated heterocycles. The highest BCUT2D eigenvalue weighted by Crippen LogP contribution is 2.43. The van der Waals surface area contributed by atoms with Crippen LogP contribution in [0.3, 0.4) is 0 Å². The van der Waals surface area contributed by atoms with Crippen molar-refractivity contribution in [2.45, 2.75) is 148 Å². The maximum absolute atomic E-state index is 12.7. The van der Waals surface area contributed by atoms with Crippen LogP contribution in [0.15, 0.2) is 72.9 Å². The number of hydrogen-bond acceptors (Lipinski definition) is 6. The zero-order valence-corrected chi connectivity index (χ0v) is 35.4. The van der Waals surface area contributed by atoms with Gasteiger partial charge in [-0.05, 0) is 77.0 Å². The van der Waals surface area contributed by atoms with Gasteiger partial charge in [-0.15, -0.1) is 0 Å². The molecule has 8 nitrogen and oxygen atoms in total. The number of rotatable bonds is 37. The molecule has 0 fully saturated rings. The van der Waals surface area contributed by atoms with Gasteiger partial charge in [0, 0.05) is 13.0 Å². The smallest absolute Gasteiger partial charge is 0.457 e. The van der Waals surface area contributed by atoms with E-state index < -0.39 is 13.9 Å². The molecule has 0 aromatic carbocycles. The van der Waals surface area contributed by atoms with Crippen molar-refractivity contribution in [1.29, 1.82) is 0 Å². The van der Waals surface area contributed by atoms with Crippen LogP contribution < -0.4 is 0 Å². The molecular formula is C44H79NO7P+. The molecule has 2 unspecified atom stereocenters. The Morgan fingerprint density at radius 3 is 1.64 bits per heavy atom. The van der Waals surface area contributed by atoms with Crippen molar-refractivity contribution < 1.29 is 37.3 Å². The average Bonchev–Trinajstić information content (AvgIpc) is 3.11. The number of unbranched alkanes of at least 4 members (excludes halogenated alkanes) is 11. The highest BCUT2D eigenvalue weighted by molar-refractivity contribution is 7.47. The van der Waals surface area contributed by atoms with Crippen molar-refractivity contribution in [1.82, 2.24) is 0 Å². The summed E-state index contributed by atoms with van der Waals surface area (Å²) in [4.78, 5) is 22.8. The fourth-order valence-corrected chi connectivity index (χ4v) is 5.80. The Morgan fingerprint density at radius 1 is 0.604 bits per heavy atom. The van der Waals surface area contributed by atoms with E-state index in [1.54, 1.807) is 0 Å². The van der Waals surface area contributed by atoms with Crippen LogP contribution in [0, 0.1) is 0 Å². The second-order valence-corrected chi connectivity index (χ2v) is 16.1. The molecule has 0 aliphatic rings. The van der Waals surface area contributed by atoms with Gasteiger partial charge in [-0.25, -0.2) is 4.57 Å². The van der Waals surface area contributed by atoms with Crippen LogP contribution in [0.1, 0.15) is 142 Å². The SMILES string of the molecule is CC/C=C\C/C=C\C/C=C\C/C=C\CCCOCC(COP(=O)(O)OCC[N+](C)(C)C)OC(=O)CCCCCCCCC/C=C\C/C=C\CCCCC. The predicted octanol–water partition coefficient (Wildman–Crippen LogP) is 11.9. The molecule has 2 atom stereocenters. The monoisotopic (exact) mass is 765 g/mol. The van der Waals surface area contributed by atoms with Crippen LogP contribution >= 0.6 is 7.82 Å². The summed E-state index contributed by atoms with van der Waals surface area (Å²) in [6.07, 6.45) is 46.6. The maximum Gasteiger partial charge on any atom is 0.472 e. The number of hydrogen-bond donors (Lipinski definition) is 1. The second kappa shape index (κ2) is 36.9. The minimum Gasteiger partial charge on any atom is -0.457 e. The summed E-state index contributed by atoms with van der Waals surface area (Å²) in [5.41, 5.74) is 0. The van der Waals surface area contributed by atoms with Crippen LogP contribution in [-0.4, -0.2) is 75.6 Å². The Kier molecular flexibility index (Phi) is 35.5. The average molecular weight is 765 g/mol. The Hall–Kier alpha value is -2.06. The summed E-state index contributed by atoms with van der Waals surface area (Å²) >= 11 is 0. The maximum atomic E-state index is 12.7. The third-order valence-electron chi connectivity index (χ3n) is 8.25. The highest BCUT2D eigenvalue weighted by atomic mass is 31.2. The quantitative estimate of drug-likeness (QED) is 0.0221. The number of quaternary nitrogens is 1. The van der Waals surface area contributed by atoms with E-state index in [2.05, 4.69) is 86.8 Å². The Morgan fingerprint density at radius 2 is 1.09 bits per heavy atom. The topological polar surface area (TPSA) is 91.3 Å². The van der Waals surface area contributed by atoms with E-state index in [1.807, 2.05) is 21.1 Å². The first-order valence-corrected chi connectivity index (χ1v) is 22.2. The van der Waals surface area contributed by atoms with Crippen molar-refractivity contribution in [3.05, 3.63) is 72.9 Å². The van der Waals surface area contributed by atoms with Gasteiger partial charge in [0.05, 0.1) is 34.4 Å². The first-order chi connectivity index (χ1) is 25.6. The van der Waals surface area contributed by atoms with Gasteiger partial charge in [0.2, 0.25) is 0 Å². The first kappa shape index (κ1) is 50.9. The normalized spacial score (nSPS) is 14.6. The summed E-state index contributed by atoms with van der Waals surface area (Å²) in [7, 11) is 1.61. The summed E-state index contributed by atoms with van der Waals surface area (Å²) < 4.78 is 34.8. The molecule has 306 valence electrons. The van der Waals surface area contributed by atoms with E-state index in [0.29, 0.717) is 24.1 Å². The lowest BCUT2D eigenvalue weighted by Crippen LogP contribution is -2.37. The summed E-state index contributed by atoms with van der Waals surface area (Å²) in [6, 6.07) is 0. The minimum absolute atomic E-state index is 0.0731. The zero-order chi connectivity index (χ0) is 39.1. The van der Waals surface area contributed by atoms with E-state index in [4.69, 9.17) is 18.5 Å². The molecule has 1 N–H and O–H groups in total. The largest absolute Gasteiger partial charge is 0.472 e. The summed E-state index contributed by atoms with van der Waals surface area (Å²) in [5.74, 6) is -0.344. The third-order valence-corrected chi connectivity index (χ3v) is 9.24. The zero-order valence-electron chi connectivity index (χ0n) is 34.5. The van der Waals surface area contributed by atoms with Gasteiger partial charge in [-0.1, -0.05) is 132 Å². The molecule has 0 spiro atoms. The van der Waals surface area contributed by atoms with Gasteiger partial charge >= 0.3 is 13.8 Å². The van der Waals surface area contributed by atoms with Crippen LogP contribution in [0.2, 0.25) is 0 Å². The molecule has 0 amide bonds. The van der Waals surface area contributed by atoms with Gasteiger partial charge in [0.15, 0.2) is 0 Å². The van der Waals surface area contributed by atoms with Crippen molar-refractivity contribution in [2.75, 3.05) is 54.1 Å². The molecule has 0 aromatic rings. The van der Waals surface area contributed by atoms with Crippen LogP contribution in [-0.2, 0) is 27.9 Å². The number of likely N-dealkylation sites (N-methyl/N-ethyl adjacent to an activating group) is 1. The van der Waals surface area contributed by atoms with Crippen LogP contribution in [0.25, 0.3) is 0 Å². The number of phosphoric ester groups is 1. The lowest BCUT2D eigenvalue weighted by Gasteiger charge is -2.24. The fraction of sp³-hybridized carbons (Fsp3) is 0.705. The number of phosphoric acid groups is 1. The first-order valence-electron chi connectivity index (χ1n) is 20.7. The van der Waals surface area contributed by atoms with Crippen LogP contribution in [0.5, 0.6) is 0 Å². The number of carbonyl (C=O) groups is 1.